The number of hydrazone groups is 1. The maximum atomic E-state index is 14.5. The summed E-state index contributed by atoms with van der Waals surface area (Å²) in [5.41, 5.74) is -3.71. The Bertz CT molecular complexity index is 757. The van der Waals surface area contributed by atoms with Gasteiger partial charge < -0.3 is 5.01 Å². The smallest absolute Gasteiger partial charge is 0.303 e. The molecule has 0 aromatic carbocycles. The zero-order valence-corrected chi connectivity index (χ0v) is 18.2. The highest BCUT2D eigenvalue weighted by Crippen LogP contribution is 2.42. The van der Waals surface area contributed by atoms with Crippen LogP contribution in [-0.2, 0) is 16.4 Å². The number of aromatic nitrogens is 1. The molecule has 160 valence electrons. The predicted molar refractivity (Wildman–Crippen MR) is 102 cm³/mol. The second-order valence-electron chi connectivity index (χ2n) is 7.21. The van der Waals surface area contributed by atoms with Gasteiger partial charge in [0.15, 0.2) is 0 Å². The van der Waals surface area contributed by atoms with E-state index >= 15 is 0 Å². The summed E-state index contributed by atoms with van der Waals surface area (Å²) in [6, 6.07) is 1.17. The van der Waals surface area contributed by atoms with E-state index < -0.39 is 58.5 Å². The van der Waals surface area contributed by atoms with Crippen LogP contribution in [0.5, 0.6) is 0 Å². The van der Waals surface area contributed by atoms with Crippen LogP contribution in [-0.4, -0.2) is 51.6 Å². The van der Waals surface area contributed by atoms with Gasteiger partial charge in [-0.05, 0) is 42.3 Å². The van der Waals surface area contributed by atoms with Gasteiger partial charge in [0, 0.05) is 42.2 Å². The molecule has 2 N–H and O–H groups in total. The van der Waals surface area contributed by atoms with E-state index in [0.717, 1.165) is 11.2 Å². The number of halogens is 6. The number of hydrogen-bond acceptors (Lipinski definition) is 4. The summed E-state index contributed by atoms with van der Waals surface area (Å²) in [7, 11) is 0.552. The lowest BCUT2D eigenvalue weighted by atomic mass is 9.71. The van der Waals surface area contributed by atoms with E-state index in [-0.39, 0.29) is 10.0 Å². The Hall–Kier alpha value is -1.14. The Morgan fingerprint density at radius 2 is 1.93 bits per heavy atom. The number of pyridine rings is 1. The molecule has 0 spiro atoms. The monoisotopic (exact) mass is 492 g/mol. The highest BCUT2D eigenvalue weighted by Gasteiger charge is 2.48. The van der Waals surface area contributed by atoms with Crippen molar-refractivity contribution in [3.05, 3.63) is 28.2 Å². The molecule has 0 bridgehead atoms. The van der Waals surface area contributed by atoms with Crippen LogP contribution < -0.4 is 5.14 Å². The number of nitrogens with zero attached hydrogens (tertiary/aromatic N) is 3. The second-order valence-corrected chi connectivity index (χ2v) is 9.82. The van der Waals surface area contributed by atoms with Crippen LogP contribution in [0.2, 0.25) is 0 Å². The van der Waals surface area contributed by atoms with Gasteiger partial charge in [0.1, 0.15) is 5.71 Å². The van der Waals surface area contributed by atoms with Crippen LogP contribution in [0.1, 0.15) is 32.3 Å². The Morgan fingerprint density at radius 1 is 1.36 bits per heavy atom. The van der Waals surface area contributed by atoms with Crippen LogP contribution in [0, 0.1) is 5.95 Å². The number of hydrogen-bond donors (Lipinski definition) is 1. The molecule has 0 saturated heterocycles. The zero-order chi connectivity index (χ0) is 21.9. The quantitative estimate of drug-likeness (QED) is 0.259. The lowest BCUT2D eigenvalue weighted by Crippen LogP contribution is -2.46. The standard InChI is InChI=1S/C16H22BrF5N4OS/c1-14(2,28(23)27)8-15(9-18,11-5-10(17)7-24-13(11)19)6-12(16(20,21)22)25-26(3)4/h5,7H,6,8-9,23H2,1-4H3/b25-12-/t15-,28?/m1/s1. The summed E-state index contributed by atoms with van der Waals surface area (Å²) in [6.45, 7) is 1.45. The van der Waals surface area contributed by atoms with Crippen molar-refractivity contribution < 1.29 is 26.2 Å². The molecule has 1 heterocycles. The van der Waals surface area contributed by atoms with Crippen LogP contribution in [0.15, 0.2) is 21.8 Å². The highest BCUT2D eigenvalue weighted by atomic mass is 79.9. The first-order valence-corrected chi connectivity index (χ1v) is 10.0. The van der Waals surface area contributed by atoms with Gasteiger partial charge in [-0.1, -0.05) is 0 Å². The van der Waals surface area contributed by atoms with Crippen molar-refractivity contribution in [2.75, 3.05) is 20.8 Å². The zero-order valence-electron chi connectivity index (χ0n) is 15.8. The van der Waals surface area contributed by atoms with Crippen molar-refractivity contribution in [1.29, 1.82) is 0 Å². The fourth-order valence-corrected chi connectivity index (χ4v) is 3.60. The van der Waals surface area contributed by atoms with Gasteiger partial charge >= 0.3 is 6.18 Å². The first-order valence-electron chi connectivity index (χ1n) is 8.00. The topological polar surface area (TPSA) is 71.6 Å². The molecule has 1 rings (SSSR count). The molecular formula is C16H22BrF5N4OS. The number of rotatable bonds is 8. The van der Waals surface area contributed by atoms with E-state index in [2.05, 4.69) is 26.0 Å². The molecule has 12 heteroatoms. The van der Waals surface area contributed by atoms with Crippen molar-refractivity contribution in [2.45, 2.75) is 43.0 Å². The lowest BCUT2D eigenvalue weighted by Gasteiger charge is -2.38. The summed E-state index contributed by atoms with van der Waals surface area (Å²) in [4.78, 5) is 3.48. The van der Waals surface area contributed by atoms with E-state index in [4.69, 9.17) is 5.14 Å². The number of nitrogens with two attached hydrogens (primary N) is 1. The summed E-state index contributed by atoms with van der Waals surface area (Å²) in [6.07, 6.45) is -5.20. The second kappa shape index (κ2) is 9.12. The molecule has 1 unspecified atom stereocenters. The maximum absolute atomic E-state index is 14.5. The normalized spacial score (nSPS) is 16.6. The van der Waals surface area contributed by atoms with Crippen molar-refractivity contribution in [3.63, 3.8) is 0 Å². The minimum absolute atomic E-state index is 0.256. The Balaban J connectivity index is 3.71. The summed E-state index contributed by atoms with van der Waals surface area (Å²) in [5.74, 6) is -1.12. The molecule has 0 amide bonds. The average molecular weight is 493 g/mol. The third-order valence-electron chi connectivity index (χ3n) is 4.10. The average Bonchev–Trinajstić information content (AvgIpc) is 2.54. The SMILES string of the molecule is CN(C)/N=C(/C[C@](CF)(CC(C)(C)S(N)=O)c1cc(Br)cnc1F)C(F)(F)F. The molecule has 0 saturated carbocycles. The van der Waals surface area contributed by atoms with Crippen molar-refractivity contribution in [3.8, 4) is 0 Å². The van der Waals surface area contributed by atoms with Gasteiger partial charge in [-0.15, -0.1) is 0 Å². The molecular weight excluding hydrogens is 471 g/mol. The molecule has 0 aliphatic heterocycles. The van der Waals surface area contributed by atoms with Gasteiger partial charge in [-0.2, -0.15) is 22.7 Å². The third kappa shape index (κ3) is 6.18. The molecule has 5 nitrogen and oxygen atoms in total. The fraction of sp³-hybridized carbons (Fsp3) is 0.625. The largest absolute Gasteiger partial charge is 0.431 e. The molecule has 0 aliphatic rings. The predicted octanol–water partition coefficient (Wildman–Crippen LogP) is 3.85. The Labute approximate surface area is 171 Å². The summed E-state index contributed by atoms with van der Waals surface area (Å²) in [5, 5.41) is 9.80. The molecule has 28 heavy (non-hydrogen) atoms. The van der Waals surface area contributed by atoms with E-state index in [9.17, 15) is 26.2 Å². The van der Waals surface area contributed by atoms with E-state index in [1.807, 2.05) is 0 Å². The Kier molecular flexibility index (Phi) is 8.11. The van der Waals surface area contributed by atoms with Gasteiger partial charge in [0.2, 0.25) is 5.95 Å². The molecule has 0 aliphatic carbocycles. The van der Waals surface area contributed by atoms with E-state index in [1.165, 1.54) is 34.0 Å². The van der Waals surface area contributed by atoms with Gasteiger partial charge in [0.05, 0.1) is 22.4 Å². The number of alkyl halides is 4. The fourth-order valence-electron chi connectivity index (χ4n) is 2.85. The Morgan fingerprint density at radius 3 is 2.36 bits per heavy atom. The van der Waals surface area contributed by atoms with E-state index in [1.54, 1.807) is 0 Å². The van der Waals surface area contributed by atoms with Crippen LogP contribution >= 0.6 is 15.9 Å². The first kappa shape index (κ1) is 24.9. The third-order valence-corrected chi connectivity index (χ3v) is 5.76. The summed E-state index contributed by atoms with van der Waals surface area (Å²) < 4.78 is 80.4. The van der Waals surface area contributed by atoms with Gasteiger partial charge in [-0.3, -0.25) is 9.53 Å². The minimum atomic E-state index is -4.88. The molecule has 0 radical (unpaired) electrons. The van der Waals surface area contributed by atoms with Crippen LogP contribution in [0.4, 0.5) is 22.0 Å². The summed E-state index contributed by atoms with van der Waals surface area (Å²) >= 11 is 3.08. The van der Waals surface area contributed by atoms with Crippen molar-refractivity contribution in [1.82, 2.24) is 9.99 Å². The van der Waals surface area contributed by atoms with Crippen molar-refractivity contribution >= 4 is 32.6 Å². The van der Waals surface area contributed by atoms with Crippen LogP contribution in [0.3, 0.4) is 0 Å². The lowest BCUT2D eigenvalue weighted by molar-refractivity contribution is -0.0631. The minimum Gasteiger partial charge on any atom is -0.303 e. The maximum Gasteiger partial charge on any atom is 0.431 e. The van der Waals surface area contributed by atoms with Crippen molar-refractivity contribution in [2.24, 2.45) is 10.2 Å². The van der Waals surface area contributed by atoms with E-state index in [0.29, 0.717) is 0 Å². The molecule has 0 fully saturated rings. The van der Waals surface area contributed by atoms with Gasteiger partial charge in [-0.25, -0.2) is 9.19 Å². The van der Waals surface area contributed by atoms with Gasteiger partial charge in [0.25, 0.3) is 0 Å². The first-order chi connectivity index (χ1) is 12.6. The highest BCUT2D eigenvalue weighted by molar-refractivity contribution is 9.10. The van der Waals surface area contributed by atoms with Crippen LogP contribution in [0.25, 0.3) is 0 Å². The molecule has 1 aromatic rings. The molecule has 2 atom stereocenters. The molecule has 1 aromatic heterocycles.